The lowest BCUT2D eigenvalue weighted by Gasteiger charge is -2.23. The zero-order valence-electron chi connectivity index (χ0n) is 8.47. The molecule has 1 aliphatic carbocycles. The van der Waals surface area contributed by atoms with Gasteiger partial charge in [0, 0.05) is 6.54 Å². The first-order chi connectivity index (χ1) is 6.03. The first-order valence-corrected chi connectivity index (χ1v) is 4.99. The fourth-order valence-corrected chi connectivity index (χ4v) is 1.85. The van der Waals surface area contributed by atoms with Crippen LogP contribution in [0.25, 0.3) is 0 Å². The van der Waals surface area contributed by atoms with Gasteiger partial charge >= 0.3 is 0 Å². The molecule has 76 valence electrons. The molecule has 0 unspecified atom stereocenters. The summed E-state index contributed by atoms with van der Waals surface area (Å²) < 4.78 is 0. The number of rotatable bonds is 3. The molecule has 0 aliphatic heterocycles. The van der Waals surface area contributed by atoms with Crippen LogP contribution in [0.3, 0.4) is 0 Å². The summed E-state index contributed by atoms with van der Waals surface area (Å²) in [6, 6.07) is 0. The second-order valence-corrected chi connectivity index (χ2v) is 4.41. The maximum absolute atomic E-state index is 11.1. The number of carbonyl (C=O) groups is 1. The van der Waals surface area contributed by atoms with Crippen molar-refractivity contribution in [1.29, 1.82) is 0 Å². The van der Waals surface area contributed by atoms with E-state index in [2.05, 4.69) is 12.2 Å². The minimum Gasteiger partial charge on any atom is -0.384 e. The SMILES string of the molecule is C[C@H](O)C(=O)NCC1(C)CCCC1. The van der Waals surface area contributed by atoms with Gasteiger partial charge in [0.1, 0.15) is 6.10 Å². The van der Waals surface area contributed by atoms with Gasteiger partial charge in [0.05, 0.1) is 0 Å². The van der Waals surface area contributed by atoms with Crippen molar-refractivity contribution in [2.45, 2.75) is 45.6 Å². The van der Waals surface area contributed by atoms with E-state index in [0.717, 1.165) is 0 Å². The quantitative estimate of drug-likeness (QED) is 0.691. The van der Waals surface area contributed by atoms with Crippen molar-refractivity contribution in [3.05, 3.63) is 0 Å². The van der Waals surface area contributed by atoms with E-state index in [1.54, 1.807) is 0 Å². The van der Waals surface area contributed by atoms with Crippen molar-refractivity contribution in [2.75, 3.05) is 6.54 Å². The molecule has 0 spiro atoms. The minimum absolute atomic E-state index is 0.256. The van der Waals surface area contributed by atoms with Gasteiger partial charge in [-0.15, -0.1) is 0 Å². The van der Waals surface area contributed by atoms with Gasteiger partial charge in [-0.1, -0.05) is 19.8 Å². The van der Waals surface area contributed by atoms with Crippen molar-refractivity contribution in [1.82, 2.24) is 5.32 Å². The Morgan fingerprint density at radius 1 is 1.54 bits per heavy atom. The molecule has 1 aliphatic rings. The Hall–Kier alpha value is -0.570. The first kappa shape index (κ1) is 10.5. The van der Waals surface area contributed by atoms with Crippen LogP contribution >= 0.6 is 0 Å². The summed E-state index contributed by atoms with van der Waals surface area (Å²) in [6.45, 7) is 4.39. The molecule has 0 aromatic rings. The van der Waals surface area contributed by atoms with Gasteiger partial charge in [0.15, 0.2) is 0 Å². The fourth-order valence-electron chi connectivity index (χ4n) is 1.85. The third kappa shape index (κ3) is 2.99. The van der Waals surface area contributed by atoms with Crippen molar-refractivity contribution in [2.24, 2.45) is 5.41 Å². The van der Waals surface area contributed by atoms with E-state index in [4.69, 9.17) is 5.11 Å². The van der Waals surface area contributed by atoms with Crippen molar-refractivity contribution in [3.8, 4) is 0 Å². The summed E-state index contributed by atoms with van der Waals surface area (Å²) in [5.74, 6) is -0.256. The van der Waals surface area contributed by atoms with Gasteiger partial charge in [-0.05, 0) is 25.2 Å². The monoisotopic (exact) mass is 185 g/mol. The number of hydrogen-bond acceptors (Lipinski definition) is 2. The topological polar surface area (TPSA) is 49.3 Å². The Morgan fingerprint density at radius 2 is 2.08 bits per heavy atom. The van der Waals surface area contributed by atoms with E-state index < -0.39 is 6.10 Å². The summed E-state index contributed by atoms with van der Waals surface area (Å²) in [6.07, 6.45) is 4.02. The normalized spacial score (nSPS) is 22.7. The smallest absolute Gasteiger partial charge is 0.248 e. The molecule has 13 heavy (non-hydrogen) atoms. The summed E-state index contributed by atoms with van der Waals surface area (Å²) in [5, 5.41) is 11.7. The molecule has 1 rings (SSSR count). The van der Waals surface area contributed by atoms with Crippen LogP contribution in [0.15, 0.2) is 0 Å². The van der Waals surface area contributed by atoms with Crippen molar-refractivity contribution < 1.29 is 9.90 Å². The molecule has 2 N–H and O–H groups in total. The van der Waals surface area contributed by atoms with E-state index >= 15 is 0 Å². The second-order valence-electron chi connectivity index (χ2n) is 4.41. The predicted molar refractivity (Wildman–Crippen MR) is 51.3 cm³/mol. The maximum atomic E-state index is 11.1. The van der Waals surface area contributed by atoms with Crippen LogP contribution in [0.1, 0.15) is 39.5 Å². The van der Waals surface area contributed by atoms with E-state index in [-0.39, 0.29) is 11.3 Å². The molecule has 3 nitrogen and oxygen atoms in total. The predicted octanol–water partition coefficient (Wildman–Crippen LogP) is 1.06. The summed E-state index contributed by atoms with van der Waals surface area (Å²) >= 11 is 0. The molecule has 0 radical (unpaired) electrons. The first-order valence-electron chi connectivity index (χ1n) is 4.99. The average Bonchev–Trinajstić information content (AvgIpc) is 2.48. The molecule has 1 atom stereocenters. The molecule has 0 saturated heterocycles. The maximum Gasteiger partial charge on any atom is 0.248 e. The Bertz CT molecular complexity index is 183. The van der Waals surface area contributed by atoms with Crippen LogP contribution in [0, 0.1) is 5.41 Å². The molecule has 3 heteroatoms. The lowest BCUT2D eigenvalue weighted by molar-refractivity contribution is -0.128. The largest absolute Gasteiger partial charge is 0.384 e. The molecule has 0 heterocycles. The van der Waals surface area contributed by atoms with Crippen LogP contribution in [0.2, 0.25) is 0 Å². The fraction of sp³-hybridized carbons (Fsp3) is 0.900. The highest BCUT2D eigenvalue weighted by Gasteiger charge is 2.29. The van der Waals surface area contributed by atoms with Crippen molar-refractivity contribution >= 4 is 5.91 Å². The molecule has 1 amide bonds. The molecule has 0 bridgehead atoms. The van der Waals surface area contributed by atoms with Gasteiger partial charge in [-0.2, -0.15) is 0 Å². The van der Waals surface area contributed by atoms with Crippen LogP contribution < -0.4 is 5.32 Å². The molecule has 1 fully saturated rings. The van der Waals surface area contributed by atoms with Crippen LogP contribution in [-0.2, 0) is 4.79 Å². The number of amides is 1. The summed E-state index contributed by atoms with van der Waals surface area (Å²) in [4.78, 5) is 11.1. The minimum atomic E-state index is -0.884. The van der Waals surface area contributed by atoms with Crippen LogP contribution in [0.5, 0.6) is 0 Å². The lowest BCUT2D eigenvalue weighted by atomic mass is 9.89. The molecular weight excluding hydrogens is 166 g/mol. The highest BCUT2D eigenvalue weighted by Crippen LogP contribution is 2.36. The molecule has 0 aromatic carbocycles. The average molecular weight is 185 g/mol. The Kier molecular flexibility index (Phi) is 3.31. The van der Waals surface area contributed by atoms with Gasteiger partial charge in [-0.3, -0.25) is 4.79 Å². The third-order valence-corrected chi connectivity index (χ3v) is 2.88. The van der Waals surface area contributed by atoms with E-state index in [0.29, 0.717) is 6.54 Å². The number of nitrogens with one attached hydrogen (secondary N) is 1. The summed E-state index contributed by atoms with van der Waals surface area (Å²) in [5.41, 5.74) is 0.268. The highest BCUT2D eigenvalue weighted by atomic mass is 16.3. The van der Waals surface area contributed by atoms with Gasteiger partial charge in [0.25, 0.3) is 0 Å². The number of carbonyl (C=O) groups excluding carboxylic acids is 1. The van der Waals surface area contributed by atoms with E-state index in [1.165, 1.54) is 32.6 Å². The second kappa shape index (κ2) is 4.09. The van der Waals surface area contributed by atoms with Crippen LogP contribution in [0.4, 0.5) is 0 Å². The molecule has 1 saturated carbocycles. The Labute approximate surface area is 79.5 Å². The Balaban J connectivity index is 2.29. The standard InChI is InChI=1S/C10H19NO2/c1-8(12)9(13)11-7-10(2)5-3-4-6-10/h8,12H,3-7H2,1-2H3,(H,11,13)/t8-/m0/s1. The number of aliphatic hydroxyl groups excluding tert-OH is 1. The van der Waals surface area contributed by atoms with Crippen molar-refractivity contribution in [3.63, 3.8) is 0 Å². The number of aliphatic hydroxyl groups is 1. The van der Waals surface area contributed by atoms with Crippen LogP contribution in [-0.4, -0.2) is 23.7 Å². The number of hydrogen-bond donors (Lipinski definition) is 2. The highest BCUT2D eigenvalue weighted by molar-refractivity contribution is 5.79. The lowest BCUT2D eigenvalue weighted by Crippen LogP contribution is -2.39. The van der Waals surface area contributed by atoms with Gasteiger partial charge < -0.3 is 10.4 Å². The third-order valence-electron chi connectivity index (χ3n) is 2.88. The molecular formula is C10H19NO2. The zero-order chi connectivity index (χ0) is 9.90. The summed E-state index contributed by atoms with van der Waals surface area (Å²) in [7, 11) is 0. The Morgan fingerprint density at radius 3 is 2.54 bits per heavy atom. The van der Waals surface area contributed by atoms with Gasteiger partial charge in [0.2, 0.25) is 5.91 Å². The molecule has 0 aromatic heterocycles. The van der Waals surface area contributed by atoms with Gasteiger partial charge in [-0.25, -0.2) is 0 Å². The van der Waals surface area contributed by atoms with E-state index in [1.807, 2.05) is 0 Å². The van der Waals surface area contributed by atoms with E-state index in [9.17, 15) is 4.79 Å². The zero-order valence-corrected chi connectivity index (χ0v) is 8.47.